The van der Waals surface area contributed by atoms with E-state index in [1.165, 1.54) is 6.92 Å². The summed E-state index contributed by atoms with van der Waals surface area (Å²) < 4.78 is 0. The quantitative estimate of drug-likeness (QED) is 0.537. The van der Waals surface area contributed by atoms with E-state index >= 15 is 0 Å². The minimum absolute atomic E-state index is 0.157. The van der Waals surface area contributed by atoms with Crippen LogP contribution in [0.4, 0.5) is 0 Å². The molecule has 0 aliphatic rings. The van der Waals surface area contributed by atoms with Gasteiger partial charge < -0.3 is 11.1 Å². The minimum atomic E-state index is -0.626. The lowest BCUT2D eigenvalue weighted by molar-refractivity contribution is -0.124. The topological polar surface area (TPSA) is 72.2 Å². The van der Waals surface area contributed by atoms with Crippen molar-refractivity contribution in [2.24, 2.45) is 5.73 Å². The van der Waals surface area contributed by atoms with E-state index in [4.69, 9.17) is 17.3 Å². The molecule has 0 rings (SSSR count). The van der Waals surface area contributed by atoms with Gasteiger partial charge in [-0.1, -0.05) is 0 Å². The number of halogens is 1. The lowest BCUT2D eigenvalue weighted by Gasteiger charge is -2.02. The Morgan fingerprint density at radius 2 is 2.20 bits per heavy atom. The molecule has 0 saturated carbocycles. The summed E-state index contributed by atoms with van der Waals surface area (Å²) in [5.74, 6) is -0.967. The van der Waals surface area contributed by atoms with Gasteiger partial charge in [-0.3, -0.25) is 9.59 Å². The standard InChI is InChI=1S/C5H9ClN2O2/c1-3(6)5(10)8-2-4(7)9/h3H,2H2,1H3,(H2,7,9)(H,8,10). The van der Waals surface area contributed by atoms with E-state index in [2.05, 4.69) is 5.32 Å². The maximum Gasteiger partial charge on any atom is 0.238 e. The number of nitrogens with two attached hydrogens (primary N) is 1. The van der Waals surface area contributed by atoms with E-state index in [0.717, 1.165) is 0 Å². The first-order chi connectivity index (χ1) is 4.54. The van der Waals surface area contributed by atoms with Gasteiger partial charge >= 0.3 is 0 Å². The Morgan fingerprint density at radius 3 is 2.50 bits per heavy atom. The summed E-state index contributed by atoms with van der Waals surface area (Å²) in [6.07, 6.45) is 0. The van der Waals surface area contributed by atoms with Gasteiger partial charge in [0.15, 0.2) is 0 Å². The van der Waals surface area contributed by atoms with Crippen LogP contribution in [0, 0.1) is 0 Å². The van der Waals surface area contributed by atoms with Gasteiger partial charge in [0.1, 0.15) is 5.38 Å². The maximum absolute atomic E-state index is 10.6. The molecule has 10 heavy (non-hydrogen) atoms. The number of rotatable bonds is 3. The molecule has 0 saturated heterocycles. The Labute approximate surface area is 63.7 Å². The van der Waals surface area contributed by atoms with E-state index in [1.54, 1.807) is 0 Å². The Morgan fingerprint density at radius 1 is 1.70 bits per heavy atom. The summed E-state index contributed by atoms with van der Waals surface area (Å²) in [5, 5.41) is 1.61. The Balaban J connectivity index is 3.50. The highest BCUT2D eigenvalue weighted by Crippen LogP contribution is 1.90. The average molecular weight is 165 g/mol. The summed E-state index contributed by atoms with van der Waals surface area (Å²) >= 11 is 5.35. The Bertz CT molecular complexity index is 147. The Kier molecular flexibility index (Phi) is 3.79. The van der Waals surface area contributed by atoms with Gasteiger partial charge in [-0.15, -0.1) is 11.6 Å². The first-order valence-corrected chi connectivity index (χ1v) is 3.17. The molecule has 0 aliphatic heterocycles. The molecule has 3 N–H and O–H groups in total. The molecule has 1 unspecified atom stereocenters. The maximum atomic E-state index is 10.6. The molecule has 4 nitrogen and oxygen atoms in total. The molecule has 2 amide bonds. The van der Waals surface area contributed by atoms with Crippen molar-refractivity contribution >= 4 is 23.4 Å². The normalized spacial score (nSPS) is 12.2. The van der Waals surface area contributed by atoms with Crippen molar-refractivity contribution in [1.82, 2.24) is 5.32 Å². The Hall–Kier alpha value is -0.770. The van der Waals surface area contributed by atoms with Crippen LogP contribution in [0.2, 0.25) is 0 Å². The highest BCUT2D eigenvalue weighted by Gasteiger charge is 2.08. The third-order valence-electron chi connectivity index (χ3n) is 0.798. The molecule has 1 atom stereocenters. The summed E-state index contributed by atoms with van der Waals surface area (Å²) in [5.41, 5.74) is 4.74. The van der Waals surface area contributed by atoms with Crippen LogP contribution in [-0.2, 0) is 9.59 Å². The fourth-order valence-corrected chi connectivity index (χ4v) is 0.392. The predicted octanol–water partition coefficient (Wildman–Crippen LogP) is -0.785. The van der Waals surface area contributed by atoms with Crippen molar-refractivity contribution in [3.05, 3.63) is 0 Å². The second-order valence-electron chi connectivity index (χ2n) is 1.80. The number of carbonyl (C=O) groups excluding carboxylic acids is 2. The third kappa shape index (κ3) is 4.14. The van der Waals surface area contributed by atoms with Crippen molar-refractivity contribution in [2.75, 3.05) is 6.54 Å². The number of hydrogen-bond acceptors (Lipinski definition) is 2. The predicted molar refractivity (Wildman–Crippen MR) is 37.5 cm³/mol. The largest absolute Gasteiger partial charge is 0.368 e. The molecule has 0 fully saturated rings. The van der Waals surface area contributed by atoms with Crippen LogP contribution in [0.3, 0.4) is 0 Å². The second-order valence-corrected chi connectivity index (χ2v) is 2.45. The highest BCUT2D eigenvalue weighted by molar-refractivity contribution is 6.30. The molecule has 0 aromatic carbocycles. The van der Waals surface area contributed by atoms with Gasteiger partial charge in [0, 0.05) is 0 Å². The van der Waals surface area contributed by atoms with Crippen LogP contribution in [0.1, 0.15) is 6.92 Å². The van der Waals surface area contributed by atoms with Crippen LogP contribution < -0.4 is 11.1 Å². The molecule has 0 heterocycles. The van der Waals surface area contributed by atoms with E-state index in [0.29, 0.717) is 0 Å². The summed E-state index contributed by atoms with van der Waals surface area (Å²) in [6, 6.07) is 0. The van der Waals surface area contributed by atoms with Gasteiger partial charge in [-0.2, -0.15) is 0 Å². The first kappa shape index (κ1) is 9.23. The number of amides is 2. The molecule has 0 bridgehead atoms. The SMILES string of the molecule is CC(Cl)C(=O)NCC(N)=O. The van der Waals surface area contributed by atoms with Gasteiger partial charge in [0.05, 0.1) is 6.54 Å². The van der Waals surface area contributed by atoms with Crippen LogP contribution in [-0.4, -0.2) is 23.7 Å². The van der Waals surface area contributed by atoms with Crippen molar-refractivity contribution in [3.8, 4) is 0 Å². The summed E-state index contributed by atoms with van der Waals surface area (Å²) in [6.45, 7) is 1.35. The molecule has 5 heteroatoms. The number of primary amides is 1. The number of carbonyl (C=O) groups is 2. The molecule has 0 aromatic heterocycles. The van der Waals surface area contributed by atoms with E-state index < -0.39 is 11.3 Å². The fraction of sp³-hybridized carbons (Fsp3) is 0.600. The highest BCUT2D eigenvalue weighted by atomic mass is 35.5. The molecular weight excluding hydrogens is 156 g/mol. The molecular formula is C5H9ClN2O2. The van der Waals surface area contributed by atoms with Crippen LogP contribution in [0.25, 0.3) is 0 Å². The van der Waals surface area contributed by atoms with Crippen LogP contribution >= 0.6 is 11.6 Å². The van der Waals surface area contributed by atoms with Crippen LogP contribution in [0.5, 0.6) is 0 Å². The van der Waals surface area contributed by atoms with Gasteiger partial charge in [-0.05, 0) is 6.92 Å². The third-order valence-corrected chi connectivity index (χ3v) is 0.996. The smallest absolute Gasteiger partial charge is 0.238 e. The van der Waals surface area contributed by atoms with Crippen molar-refractivity contribution in [1.29, 1.82) is 0 Å². The zero-order valence-electron chi connectivity index (χ0n) is 5.56. The second kappa shape index (κ2) is 4.11. The molecule has 0 spiro atoms. The first-order valence-electron chi connectivity index (χ1n) is 2.74. The number of hydrogen-bond donors (Lipinski definition) is 2. The average Bonchev–Trinajstić information content (AvgIpc) is 1.82. The van der Waals surface area contributed by atoms with Crippen molar-refractivity contribution < 1.29 is 9.59 Å². The van der Waals surface area contributed by atoms with E-state index in [9.17, 15) is 9.59 Å². The zero-order valence-corrected chi connectivity index (χ0v) is 6.31. The van der Waals surface area contributed by atoms with Gasteiger partial charge in [0.2, 0.25) is 11.8 Å². The summed E-state index contributed by atoms with van der Waals surface area (Å²) in [4.78, 5) is 20.7. The monoisotopic (exact) mass is 164 g/mol. The molecule has 0 aliphatic carbocycles. The van der Waals surface area contributed by atoms with Gasteiger partial charge in [-0.25, -0.2) is 0 Å². The van der Waals surface area contributed by atoms with E-state index in [1.807, 2.05) is 0 Å². The van der Waals surface area contributed by atoms with Crippen LogP contribution in [0.15, 0.2) is 0 Å². The fourth-order valence-electron chi connectivity index (χ4n) is 0.315. The van der Waals surface area contributed by atoms with Gasteiger partial charge in [0.25, 0.3) is 0 Å². The lowest BCUT2D eigenvalue weighted by Crippen LogP contribution is -2.36. The number of alkyl halides is 1. The van der Waals surface area contributed by atoms with Crippen molar-refractivity contribution in [2.45, 2.75) is 12.3 Å². The number of nitrogens with one attached hydrogen (secondary N) is 1. The zero-order chi connectivity index (χ0) is 8.15. The summed E-state index contributed by atoms with van der Waals surface area (Å²) in [7, 11) is 0. The van der Waals surface area contributed by atoms with E-state index in [-0.39, 0.29) is 12.5 Å². The molecule has 0 radical (unpaired) electrons. The lowest BCUT2D eigenvalue weighted by atomic mass is 10.4. The molecule has 58 valence electrons. The van der Waals surface area contributed by atoms with Crippen molar-refractivity contribution in [3.63, 3.8) is 0 Å². The minimum Gasteiger partial charge on any atom is -0.368 e. The molecule has 0 aromatic rings.